The van der Waals surface area contributed by atoms with Crippen molar-refractivity contribution in [2.45, 2.75) is 39.7 Å². The molecule has 0 atom stereocenters. The van der Waals surface area contributed by atoms with Gasteiger partial charge in [-0.2, -0.15) is 5.26 Å². The van der Waals surface area contributed by atoms with Crippen molar-refractivity contribution in [3.63, 3.8) is 0 Å². The maximum atomic E-state index is 8.92. The van der Waals surface area contributed by atoms with Crippen LogP contribution in [0.3, 0.4) is 0 Å². The van der Waals surface area contributed by atoms with Gasteiger partial charge in [0, 0.05) is 25.7 Å². The van der Waals surface area contributed by atoms with Crippen LogP contribution in [-0.2, 0) is 13.0 Å². The van der Waals surface area contributed by atoms with Crippen molar-refractivity contribution < 1.29 is 0 Å². The molecule has 0 bridgehead atoms. The number of aromatic nitrogens is 2. The third-order valence-corrected chi connectivity index (χ3v) is 2.84. The summed E-state index contributed by atoms with van der Waals surface area (Å²) in [4.78, 5) is 4.35. The van der Waals surface area contributed by atoms with Crippen LogP contribution in [0.5, 0.6) is 0 Å². The topological polar surface area (TPSA) is 53.6 Å². The molecular formula is C13H22N4. The van der Waals surface area contributed by atoms with Crippen molar-refractivity contribution in [3.05, 3.63) is 18.2 Å². The number of rotatable bonds is 7. The molecule has 1 heterocycles. The first-order valence-electron chi connectivity index (χ1n) is 6.14. The second-order valence-corrected chi connectivity index (χ2v) is 5.06. The van der Waals surface area contributed by atoms with Crippen molar-refractivity contribution in [3.8, 4) is 6.07 Å². The third-order valence-electron chi connectivity index (χ3n) is 2.84. The molecule has 1 N–H and O–H groups in total. The van der Waals surface area contributed by atoms with Crippen molar-refractivity contribution >= 4 is 0 Å². The Hall–Kier alpha value is -1.34. The van der Waals surface area contributed by atoms with Crippen LogP contribution < -0.4 is 5.32 Å². The smallest absolute Gasteiger partial charge is 0.0949 e. The molecule has 1 aromatic rings. The van der Waals surface area contributed by atoms with Crippen LogP contribution in [0.2, 0.25) is 0 Å². The zero-order valence-electron chi connectivity index (χ0n) is 11.0. The quantitative estimate of drug-likeness (QED) is 0.785. The van der Waals surface area contributed by atoms with Gasteiger partial charge in [0.25, 0.3) is 0 Å². The van der Waals surface area contributed by atoms with E-state index in [1.54, 1.807) is 0 Å². The van der Waals surface area contributed by atoms with Gasteiger partial charge in [-0.3, -0.25) is 0 Å². The largest absolute Gasteiger partial charge is 0.337 e. The van der Waals surface area contributed by atoms with Crippen LogP contribution in [0.4, 0.5) is 0 Å². The monoisotopic (exact) mass is 234 g/mol. The number of nitrogens with zero attached hydrogens (tertiary/aromatic N) is 3. The van der Waals surface area contributed by atoms with E-state index in [4.69, 9.17) is 5.26 Å². The third kappa shape index (κ3) is 5.01. The van der Waals surface area contributed by atoms with Gasteiger partial charge in [-0.05, 0) is 33.7 Å². The van der Waals surface area contributed by atoms with Gasteiger partial charge in [0.2, 0.25) is 0 Å². The van der Waals surface area contributed by atoms with Crippen molar-refractivity contribution in [2.24, 2.45) is 5.41 Å². The molecule has 0 amide bonds. The zero-order chi connectivity index (χ0) is 12.7. The summed E-state index contributed by atoms with van der Waals surface area (Å²) in [5.74, 6) is 0. The fourth-order valence-electron chi connectivity index (χ4n) is 1.67. The average Bonchev–Trinajstić information content (AvgIpc) is 2.74. The Morgan fingerprint density at radius 1 is 1.53 bits per heavy atom. The summed E-state index contributed by atoms with van der Waals surface area (Å²) in [7, 11) is 1.95. The molecular weight excluding hydrogens is 212 g/mol. The lowest BCUT2D eigenvalue weighted by atomic mass is 9.90. The normalized spacial score (nSPS) is 11.4. The van der Waals surface area contributed by atoms with E-state index in [2.05, 4.69) is 27.1 Å². The second kappa shape index (κ2) is 6.41. The minimum absolute atomic E-state index is 0.213. The van der Waals surface area contributed by atoms with Crippen molar-refractivity contribution in [2.75, 3.05) is 13.6 Å². The van der Waals surface area contributed by atoms with Crippen LogP contribution in [0.1, 0.15) is 32.4 Å². The highest BCUT2D eigenvalue weighted by Gasteiger charge is 2.15. The highest BCUT2D eigenvalue weighted by atomic mass is 15.0. The van der Waals surface area contributed by atoms with Gasteiger partial charge in [0.1, 0.15) is 0 Å². The SMILES string of the molecule is CNCCc1cn(CCCC(C)(C)C#N)cn1. The number of hydrogen-bond acceptors (Lipinski definition) is 3. The number of aryl methyl sites for hydroxylation is 1. The first-order chi connectivity index (χ1) is 8.07. The van der Waals surface area contributed by atoms with Crippen LogP contribution in [0.25, 0.3) is 0 Å². The zero-order valence-corrected chi connectivity index (χ0v) is 11.0. The first kappa shape index (κ1) is 13.7. The molecule has 17 heavy (non-hydrogen) atoms. The van der Waals surface area contributed by atoms with E-state index in [1.165, 1.54) is 0 Å². The molecule has 0 unspecified atom stereocenters. The minimum atomic E-state index is -0.213. The predicted octanol–water partition coefficient (Wildman–Crippen LogP) is 1.97. The average molecular weight is 234 g/mol. The molecule has 0 aliphatic carbocycles. The molecule has 0 saturated carbocycles. The molecule has 94 valence electrons. The molecule has 4 heteroatoms. The molecule has 0 fully saturated rings. The van der Waals surface area contributed by atoms with E-state index in [0.717, 1.165) is 38.0 Å². The van der Waals surface area contributed by atoms with E-state index in [9.17, 15) is 0 Å². The Bertz CT molecular complexity index is 373. The molecule has 0 radical (unpaired) electrons. The summed E-state index contributed by atoms with van der Waals surface area (Å²) in [6.45, 7) is 5.87. The summed E-state index contributed by atoms with van der Waals surface area (Å²) in [6, 6.07) is 2.33. The highest BCUT2D eigenvalue weighted by Crippen LogP contribution is 2.20. The number of imidazole rings is 1. The predicted molar refractivity (Wildman–Crippen MR) is 68.5 cm³/mol. The summed E-state index contributed by atoms with van der Waals surface area (Å²) in [5, 5.41) is 12.0. The summed E-state index contributed by atoms with van der Waals surface area (Å²) >= 11 is 0. The van der Waals surface area contributed by atoms with Gasteiger partial charge >= 0.3 is 0 Å². The molecule has 1 aromatic heterocycles. The lowest BCUT2D eigenvalue weighted by Gasteiger charge is -2.14. The molecule has 0 aliphatic rings. The second-order valence-electron chi connectivity index (χ2n) is 5.06. The van der Waals surface area contributed by atoms with Crippen LogP contribution in [0.15, 0.2) is 12.5 Å². The van der Waals surface area contributed by atoms with Gasteiger partial charge in [-0.1, -0.05) is 0 Å². The Balaban J connectivity index is 2.33. The minimum Gasteiger partial charge on any atom is -0.337 e. The fraction of sp³-hybridized carbons (Fsp3) is 0.692. The molecule has 0 aromatic carbocycles. The molecule has 4 nitrogen and oxygen atoms in total. The molecule has 0 aliphatic heterocycles. The van der Waals surface area contributed by atoms with E-state index >= 15 is 0 Å². The van der Waals surface area contributed by atoms with Gasteiger partial charge in [-0.15, -0.1) is 0 Å². The Kier molecular flexibility index (Phi) is 5.17. The van der Waals surface area contributed by atoms with Crippen molar-refractivity contribution in [1.82, 2.24) is 14.9 Å². The number of nitriles is 1. The van der Waals surface area contributed by atoms with Crippen LogP contribution >= 0.6 is 0 Å². The van der Waals surface area contributed by atoms with Gasteiger partial charge in [-0.25, -0.2) is 4.98 Å². The first-order valence-corrected chi connectivity index (χ1v) is 6.14. The van der Waals surface area contributed by atoms with Crippen LogP contribution in [-0.4, -0.2) is 23.1 Å². The van der Waals surface area contributed by atoms with E-state index in [0.29, 0.717) is 0 Å². The molecule has 1 rings (SSSR count). The Morgan fingerprint density at radius 3 is 2.94 bits per heavy atom. The summed E-state index contributed by atoms with van der Waals surface area (Å²) in [6.07, 6.45) is 6.88. The standard InChI is InChI=1S/C13H22N4/c1-13(2,10-14)6-4-8-17-9-12(16-11-17)5-7-15-3/h9,11,15H,4-8H2,1-3H3. The maximum Gasteiger partial charge on any atom is 0.0949 e. The summed E-state index contributed by atoms with van der Waals surface area (Å²) < 4.78 is 2.11. The van der Waals surface area contributed by atoms with Gasteiger partial charge in [0.15, 0.2) is 0 Å². The van der Waals surface area contributed by atoms with Gasteiger partial charge in [0.05, 0.1) is 23.5 Å². The number of nitrogens with one attached hydrogen (secondary N) is 1. The van der Waals surface area contributed by atoms with E-state index < -0.39 is 0 Å². The maximum absolute atomic E-state index is 8.92. The van der Waals surface area contributed by atoms with E-state index in [-0.39, 0.29) is 5.41 Å². The van der Waals surface area contributed by atoms with Gasteiger partial charge < -0.3 is 9.88 Å². The number of hydrogen-bond donors (Lipinski definition) is 1. The number of likely N-dealkylation sites (N-methyl/N-ethyl adjacent to an activating group) is 1. The highest BCUT2D eigenvalue weighted by molar-refractivity contribution is 4.97. The Morgan fingerprint density at radius 2 is 2.29 bits per heavy atom. The fourth-order valence-corrected chi connectivity index (χ4v) is 1.67. The summed E-state index contributed by atoms with van der Waals surface area (Å²) in [5.41, 5.74) is 0.911. The lowest BCUT2D eigenvalue weighted by molar-refractivity contribution is 0.415. The van der Waals surface area contributed by atoms with Crippen molar-refractivity contribution in [1.29, 1.82) is 5.26 Å². The Labute approximate surface area is 104 Å². The van der Waals surface area contributed by atoms with Crippen LogP contribution in [0, 0.1) is 16.7 Å². The lowest BCUT2D eigenvalue weighted by Crippen LogP contribution is -2.10. The van der Waals surface area contributed by atoms with E-state index in [1.807, 2.05) is 27.2 Å². The molecule has 0 spiro atoms. The molecule has 0 saturated heterocycles.